The molecule has 0 aliphatic carbocycles. The van der Waals surface area contributed by atoms with E-state index >= 15 is 0 Å². The van der Waals surface area contributed by atoms with Crippen LogP contribution in [0, 0.1) is 5.41 Å². The van der Waals surface area contributed by atoms with Crippen LogP contribution in [0.25, 0.3) is 0 Å². The van der Waals surface area contributed by atoms with E-state index in [2.05, 4.69) is 24.2 Å². The summed E-state index contributed by atoms with van der Waals surface area (Å²) in [7, 11) is 2.17. The van der Waals surface area contributed by atoms with Gasteiger partial charge in [-0.2, -0.15) is 0 Å². The van der Waals surface area contributed by atoms with E-state index in [9.17, 15) is 0 Å². The molecule has 1 aliphatic rings. The number of nitrogens with one attached hydrogen (secondary N) is 1. The predicted octanol–water partition coefficient (Wildman–Crippen LogP) is 2.10. The van der Waals surface area contributed by atoms with Gasteiger partial charge in [0.2, 0.25) is 0 Å². The van der Waals surface area contributed by atoms with Crippen molar-refractivity contribution in [3.8, 4) is 0 Å². The summed E-state index contributed by atoms with van der Waals surface area (Å²) in [6, 6.07) is 3.99. The molecule has 1 aromatic rings. The monoisotopic (exact) mass is 222 g/mol. The lowest BCUT2D eigenvalue weighted by Crippen LogP contribution is -2.44. The Bertz CT molecular complexity index is 302. The van der Waals surface area contributed by atoms with Crippen LogP contribution in [0.1, 0.15) is 25.5 Å². The van der Waals surface area contributed by atoms with Crippen molar-refractivity contribution in [1.82, 2.24) is 10.2 Å². The van der Waals surface area contributed by atoms with Crippen molar-refractivity contribution in [2.24, 2.45) is 5.41 Å². The highest BCUT2D eigenvalue weighted by atomic mass is 16.3. The first-order valence-corrected chi connectivity index (χ1v) is 6.10. The Balaban J connectivity index is 1.84. The molecule has 90 valence electrons. The summed E-state index contributed by atoms with van der Waals surface area (Å²) >= 11 is 0. The topological polar surface area (TPSA) is 28.4 Å². The summed E-state index contributed by atoms with van der Waals surface area (Å²) in [4.78, 5) is 2.35. The summed E-state index contributed by atoms with van der Waals surface area (Å²) in [5.41, 5.74) is 0.416. The molecule has 1 aromatic heterocycles. The third-order valence-electron chi connectivity index (χ3n) is 3.34. The molecule has 1 saturated heterocycles. The van der Waals surface area contributed by atoms with Gasteiger partial charge in [-0.25, -0.2) is 0 Å². The van der Waals surface area contributed by atoms with Crippen molar-refractivity contribution >= 4 is 0 Å². The smallest absolute Gasteiger partial charge is 0.117 e. The Kier molecular flexibility index (Phi) is 3.66. The molecule has 1 unspecified atom stereocenters. The van der Waals surface area contributed by atoms with Gasteiger partial charge in [0, 0.05) is 13.1 Å². The SMILES string of the molecule is CN(Cc1ccco1)CC1(C)CCCNC1. The van der Waals surface area contributed by atoms with Crippen LogP contribution in [-0.2, 0) is 6.54 Å². The fourth-order valence-electron chi connectivity index (χ4n) is 2.63. The zero-order valence-electron chi connectivity index (χ0n) is 10.3. The van der Waals surface area contributed by atoms with Crippen molar-refractivity contribution in [2.45, 2.75) is 26.3 Å². The van der Waals surface area contributed by atoms with E-state index in [-0.39, 0.29) is 0 Å². The van der Waals surface area contributed by atoms with E-state index < -0.39 is 0 Å². The Hall–Kier alpha value is -0.800. The second-order valence-electron chi connectivity index (χ2n) is 5.34. The highest BCUT2D eigenvalue weighted by molar-refractivity contribution is 4.98. The maximum Gasteiger partial charge on any atom is 0.117 e. The van der Waals surface area contributed by atoms with Crippen LogP contribution >= 0.6 is 0 Å². The molecule has 1 fully saturated rings. The summed E-state index contributed by atoms with van der Waals surface area (Å²) in [5, 5.41) is 3.49. The van der Waals surface area contributed by atoms with Crippen molar-refractivity contribution in [3.05, 3.63) is 24.2 Å². The van der Waals surface area contributed by atoms with Gasteiger partial charge in [-0.05, 0) is 44.0 Å². The Morgan fingerprint density at radius 2 is 2.44 bits per heavy atom. The molecule has 2 heterocycles. The molecule has 3 nitrogen and oxygen atoms in total. The first-order chi connectivity index (χ1) is 7.68. The minimum Gasteiger partial charge on any atom is -0.468 e. The number of furan rings is 1. The van der Waals surface area contributed by atoms with Gasteiger partial charge in [0.1, 0.15) is 5.76 Å². The quantitative estimate of drug-likeness (QED) is 0.845. The molecule has 1 aliphatic heterocycles. The largest absolute Gasteiger partial charge is 0.468 e. The highest BCUT2D eigenvalue weighted by Crippen LogP contribution is 2.26. The molecule has 1 N–H and O–H groups in total. The predicted molar refractivity (Wildman–Crippen MR) is 65.3 cm³/mol. The normalized spacial score (nSPS) is 26.2. The summed E-state index contributed by atoms with van der Waals surface area (Å²) in [6.07, 6.45) is 4.36. The minimum atomic E-state index is 0.416. The lowest BCUT2D eigenvalue weighted by atomic mass is 9.82. The van der Waals surface area contributed by atoms with Crippen LogP contribution in [0.5, 0.6) is 0 Å². The van der Waals surface area contributed by atoms with Crippen molar-refractivity contribution < 1.29 is 4.42 Å². The molecule has 0 radical (unpaired) electrons. The van der Waals surface area contributed by atoms with E-state index in [0.29, 0.717) is 5.41 Å². The van der Waals surface area contributed by atoms with Gasteiger partial charge in [-0.1, -0.05) is 6.92 Å². The third kappa shape index (κ3) is 3.09. The molecular formula is C13H22N2O. The lowest BCUT2D eigenvalue weighted by Gasteiger charge is -2.37. The number of hydrogen-bond acceptors (Lipinski definition) is 3. The first kappa shape index (κ1) is 11.7. The molecule has 1 atom stereocenters. The molecule has 0 saturated carbocycles. The van der Waals surface area contributed by atoms with Gasteiger partial charge in [0.25, 0.3) is 0 Å². The molecule has 16 heavy (non-hydrogen) atoms. The molecule has 0 amide bonds. The number of hydrogen-bond donors (Lipinski definition) is 1. The zero-order valence-corrected chi connectivity index (χ0v) is 10.3. The average molecular weight is 222 g/mol. The number of rotatable bonds is 4. The Morgan fingerprint density at radius 1 is 1.56 bits per heavy atom. The maximum absolute atomic E-state index is 5.37. The van der Waals surface area contributed by atoms with Crippen LogP contribution in [0.3, 0.4) is 0 Å². The van der Waals surface area contributed by atoms with Crippen LogP contribution in [-0.4, -0.2) is 31.6 Å². The number of nitrogens with zero attached hydrogens (tertiary/aromatic N) is 1. The van der Waals surface area contributed by atoms with Crippen molar-refractivity contribution in [1.29, 1.82) is 0 Å². The average Bonchev–Trinajstić information content (AvgIpc) is 2.70. The minimum absolute atomic E-state index is 0.416. The third-order valence-corrected chi connectivity index (χ3v) is 3.34. The van der Waals surface area contributed by atoms with E-state index in [1.807, 2.05) is 12.1 Å². The van der Waals surface area contributed by atoms with Gasteiger partial charge >= 0.3 is 0 Å². The fourth-order valence-corrected chi connectivity index (χ4v) is 2.63. The molecular weight excluding hydrogens is 200 g/mol. The standard InChI is InChI=1S/C13H22N2O/c1-13(6-4-7-14-10-13)11-15(2)9-12-5-3-8-16-12/h3,5,8,14H,4,6-7,9-11H2,1-2H3. The van der Waals surface area contributed by atoms with Crippen molar-refractivity contribution in [3.63, 3.8) is 0 Å². The van der Waals surface area contributed by atoms with E-state index in [4.69, 9.17) is 4.42 Å². The van der Waals surface area contributed by atoms with Crippen LogP contribution in [0.2, 0.25) is 0 Å². The van der Waals surface area contributed by atoms with Gasteiger partial charge in [-0.15, -0.1) is 0 Å². The lowest BCUT2D eigenvalue weighted by molar-refractivity contribution is 0.143. The molecule has 3 heteroatoms. The first-order valence-electron chi connectivity index (χ1n) is 6.10. The summed E-state index contributed by atoms with van der Waals surface area (Å²) in [6.45, 7) is 6.72. The van der Waals surface area contributed by atoms with Crippen molar-refractivity contribution in [2.75, 3.05) is 26.7 Å². The Morgan fingerprint density at radius 3 is 3.06 bits per heavy atom. The van der Waals surface area contributed by atoms with E-state index in [1.165, 1.54) is 19.4 Å². The molecule has 0 aromatic carbocycles. The summed E-state index contributed by atoms with van der Waals surface area (Å²) < 4.78 is 5.37. The molecule has 2 rings (SSSR count). The van der Waals surface area contributed by atoms with Gasteiger partial charge < -0.3 is 9.73 Å². The van der Waals surface area contributed by atoms with Gasteiger partial charge in [0.15, 0.2) is 0 Å². The Labute approximate surface area is 97.8 Å². The second-order valence-corrected chi connectivity index (χ2v) is 5.34. The van der Waals surface area contributed by atoms with E-state index in [0.717, 1.165) is 25.4 Å². The highest BCUT2D eigenvalue weighted by Gasteiger charge is 2.28. The van der Waals surface area contributed by atoms with Gasteiger partial charge in [0.05, 0.1) is 12.8 Å². The maximum atomic E-state index is 5.37. The van der Waals surface area contributed by atoms with Crippen LogP contribution in [0.4, 0.5) is 0 Å². The molecule has 0 spiro atoms. The van der Waals surface area contributed by atoms with Crippen LogP contribution in [0.15, 0.2) is 22.8 Å². The number of piperidine rings is 1. The van der Waals surface area contributed by atoms with Gasteiger partial charge in [-0.3, -0.25) is 4.90 Å². The second kappa shape index (κ2) is 5.02. The fraction of sp³-hybridized carbons (Fsp3) is 0.692. The molecule has 0 bridgehead atoms. The van der Waals surface area contributed by atoms with Crippen LogP contribution < -0.4 is 5.32 Å². The van der Waals surface area contributed by atoms with E-state index in [1.54, 1.807) is 6.26 Å². The zero-order chi connectivity index (χ0) is 11.4. The summed E-state index contributed by atoms with van der Waals surface area (Å²) in [5.74, 6) is 1.05.